The van der Waals surface area contributed by atoms with Crippen LogP contribution in [0.25, 0.3) is 16.9 Å². The lowest BCUT2D eigenvalue weighted by molar-refractivity contribution is -0.207. The summed E-state index contributed by atoms with van der Waals surface area (Å²) in [7, 11) is 0. The van der Waals surface area contributed by atoms with Crippen LogP contribution in [0.15, 0.2) is 53.3 Å². The van der Waals surface area contributed by atoms with E-state index in [1.807, 2.05) is 0 Å². The van der Waals surface area contributed by atoms with Crippen molar-refractivity contribution in [2.75, 3.05) is 0 Å². The second-order valence-electron chi connectivity index (χ2n) is 8.71. The second kappa shape index (κ2) is 10.9. The summed E-state index contributed by atoms with van der Waals surface area (Å²) in [5.41, 5.74) is -2.06. The quantitative estimate of drug-likeness (QED) is 0.279. The third-order valence-electron chi connectivity index (χ3n) is 5.78. The second-order valence-corrected chi connectivity index (χ2v) is 9.50. The number of benzene rings is 2. The molecule has 2 heterocycles. The lowest BCUT2D eigenvalue weighted by Crippen LogP contribution is -2.37. The Labute approximate surface area is 231 Å². The van der Waals surface area contributed by atoms with E-state index in [1.54, 1.807) is 0 Å². The summed E-state index contributed by atoms with van der Waals surface area (Å²) in [5.74, 6) is -0.350. The molecule has 0 bridgehead atoms. The summed E-state index contributed by atoms with van der Waals surface area (Å²) < 4.78 is 81.6. The zero-order valence-electron chi connectivity index (χ0n) is 20.3. The molecule has 0 saturated heterocycles. The molecule has 0 fully saturated rings. The Balaban J connectivity index is 1.82. The number of imidazole rings is 1. The van der Waals surface area contributed by atoms with E-state index in [1.165, 1.54) is 37.3 Å². The van der Waals surface area contributed by atoms with Crippen molar-refractivity contribution in [2.45, 2.75) is 44.6 Å². The summed E-state index contributed by atoms with van der Waals surface area (Å²) in [6, 6.07) is 9.74. The van der Waals surface area contributed by atoms with Gasteiger partial charge in [-0.2, -0.15) is 26.3 Å². The maximum absolute atomic E-state index is 13.3. The van der Waals surface area contributed by atoms with Crippen molar-refractivity contribution >= 4 is 23.2 Å². The number of hydrogen-bond donors (Lipinski definition) is 2. The standard InChI is InChI=1S/C24H19Cl2F6N5O3/c1-12(38)21-33-18(34-37(21)16-4-2-3-14(9-16)23(27,28)29)11-36-20(26)19(13-5-7-15(25)8-6-13)35(22(36)40)10-17(39)24(30,31)32/h2-9,12,17,38-39H,10-11H2,1H3. The summed E-state index contributed by atoms with van der Waals surface area (Å²) >= 11 is 12.4. The largest absolute Gasteiger partial charge is 0.416 e. The highest BCUT2D eigenvalue weighted by molar-refractivity contribution is 6.32. The van der Waals surface area contributed by atoms with Gasteiger partial charge in [0.25, 0.3) is 0 Å². The lowest BCUT2D eigenvalue weighted by Gasteiger charge is -2.16. The van der Waals surface area contributed by atoms with Crippen molar-refractivity contribution in [1.29, 1.82) is 0 Å². The molecule has 2 atom stereocenters. The van der Waals surface area contributed by atoms with Crippen LogP contribution in [0.2, 0.25) is 10.2 Å². The van der Waals surface area contributed by atoms with Crippen LogP contribution in [0.5, 0.6) is 0 Å². The molecule has 0 amide bonds. The molecule has 0 radical (unpaired) electrons. The average molecular weight is 610 g/mol. The molecule has 214 valence electrons. The van der Waals surface area contributed by atoms with E-state index < -0.39 is 48.9 Å². The van der Waals surface area contributed by atoms with Gasteiger partial charge in [-0.05, 0) is 37.3 Å². The number of alkyl halides is 6. The van der Waals surface area contributed by atoms with E-state index in [4.69, 9.17) is 23.2 Å². The predicted molar refractivity (Wildman–Crippen MR) is 132 cm³/mol. The lowest BCUT2D eigenvalue weighted by atomic mass is 10.1. The van der Waals surface area contributed by atoms with Crippen LogP contribution in [0.1, 0.15) is 30.2 Å². The average Bonchev–Trinajstić information content (AvgIpc) is 3.39. The van der Waals surface area contributed by atoms with Crippen LogP contribution in [-0.4, -0.2) is 46.4 Å². The van der Waals surface area contributed by atoms with Crippen molar-refractivity contribution in [3.05, 3.63) is 86.4 Å². The Bertz CT molecular complexity index is 1580. The number of aliphatic hydroxyl groups excluding tert-OH is 2. The van der Waals surface area contributed by atoms with Crippen molar-refractivity contribution in [2.24, 2.45) is 0 Å². The van der Waals surface area contributed by atoms with Gasteiger partial charge in [-0.1, -0.05) is 41.4 Å². The van der Waals surface area contributed by atoms with E-state index in [0.29, 0.717) is 9.59 Å². The number of halogens is 8. The molecule has 4 rings (SSSR count). The van der Waals surface area contributed by atoms with Crippen molar-refractivity contribution in [3.63, 3.8) is 0 Å². The number of hydrogen-bond acceptors (Lipinski definition) is 5. The van der Waals surface area contributed by atoms with Gasteiger partial charge in [-0.25, -0.2) is 14.5 Å². The molecule has 0 aliphatic carbocycles. The third-order valence-corrected chi connectivity index (χ3v) is 6.42. The predicted octanol–water partition coefficient (Wildman–Crippen LogP) is 5.25. The first-order valence-corrected chi connectivity index (χ1v) is 12.1. The fraction of sp³-hybridized carbons (Fsp3) is 0.292. The Morgan fingerprint density at radius 2 is 1.62 bits per heavy atom. The van der Waals surface area contributed by atoms with Gasteiger partial charge in [-0.3, -0.25) is 9.13 Å². The van der Waals surface area contributed by atoms with Gasteiger partial charge >= 0.3 is 18.0 Å². The summed E-state index contributed by atoms with van der Waals surface area (Å²) in [6.07, 6.45) is -13.9. The monoisotopic (exact) mass is 609 g/mol. The summed E-state index contributed by atoms with van der Waals surface area (Å²) in [6.45, 7) is -0.415. The first-order valence-electron chi connectivity index (χ1n) is 11.4. The Morgan fingerprint density at radius 3 is 2.20 bits per heavy atom. The minimum Gasteiger partial charge on any atom is -0.385 e. The van der Waals surface area contributed by atoms with Crippen LogP contribution in [-0.2, 0) is 19.3 Å². The molecule has 2 aromatic heterocycles. The van der Waals surface area contributed by atoms with Gasteiger partial charge in [0.1, 0.15) is 11.3 Å². The maximum Gasteiger partial charge on any atom is 0.416 e. The topological polar surface area (TPSA) is 98.1 Å². The molecular formula is C24H19Cl2F6N5O3. The zero-order chi connectivity index (χ0) is 29.6. The number of rotatable bonds is 7. The van der Waals surface area contributed by atoms with Crippen molar-refractivity contribution < 1.29 is 36.6 Å². The van der Waals surface area contributed by atoms with Crippen LogP contribution in [0.3, 0.4) is 0 Å². The summed E-state index contributed by atoms with van der Waals surface area (Å²) in [4.78, 5) is 17.4. The summed E-state index contributed by atoms with van der Waals surface area (Å²) in [5, 5.41) is 24.0. The van der Waals surface area contributed by atoms with Crippen LogP contribution >= 0.6 is 23.2 Å². The molecule has 2 N–H and O–H groups in total. The van der Waals surface area contributed by atoms with Crippen LogP contribution < -0.4 is 5.69 Å². The molecule has 16 heteroatoms. The fourth-order valence-corrected chi connectivity index (χ4v) is 4.35. The Morgan fingerprint density at radius 1 is 0.975 bits per heavy atom. The highest BCUT2D eigenvalue weighted by Crippen LogP contribution is 2.32. The van der Waals surface area contributed by atoms with E-state index in [2.05, 4.69) is 10.1 Å². The normalized spacial score (nSPS) is 14.0. The smallest absolute Gasteiger partial charge is 0.385 e. The molecule has 0 aliphatic rings. The van der Waals surface area contributed by atoms with E-state index in [9.17, 15) is 41.4 Å². The van der Waals surface area contributed by atoms with Gasteiger partial charge < -0.3 is 10.2 Å². The van der Waals surface area contributed by atoms with Gasteiger partial charge in [0.2, 0.25) is 0 Å². The van der Waals surface area contributed by atoms with Crippen molar-refractivity contribution in [1.82, 2.24) is 23.9 Å². The number of aliphatic hydroxyl groups is 2. The minimum absolute atomic E-state index is 0.0874. The zero-order valence-corrected chi connectivity index (χ0v) is 21.8. The molecule has 0 aliphatic heterocycles. The Hall–Kier alpha value is -3.33. The molecule has 40 heavy (non-hydrogen) atoms. The molecule has 4 aromatic rings. The molecule has 8 nitrogen and oxygen atoms in total. The first-order chi connectivity index (χ1) is 18.6. The van der Waals surface area contributed by atoms with E-state index in [-0.39, 0.29) is 33.7 Å². The maximum atomic E-state index is 13.3. The molecule has 0 spiro atoms. The highest BCUT2D eigenvalue weighted by atomic mass is 35.5. The number of aromatic nitrogens is 5. The minimum atomic E-state index is -5.04. The highest BCUT2D eigenvalue weighted by Gasteiger charge is 2.39. The SMILES string of the molecule is CC(O)c1nc(Cn2c(Cl)c(-c3ccc(Cl)cc3)n(CC(O)C(F)(F)F)c2=O)nn1-c1cccc(C(F)(F)F)c1. The van der Waals surface area contributed by atoms with Gasteiger partial charge in [0.05, 0.1) is 30.0 Å². The molecule has 2 aromatic carbocycles. The number of nitrogens with zero attached hydrogens (tertiary/aromatic N) is 5. The first kappa shape index (κ1) is 29.6. The van der Waals surface area contributed by atoms with E-state index >= 15 is 0 Å². The third kappa shape index (κ3) is 6.04. The van der Waals surface area contributed by atoms with Crippen LogP contribution in [0.4, 0.5) is 26.3 Å². The van der Waals surface area contributed by atoms with E-state index in [0.717, 1.165) is 27.4 Å². The molecule has 0 saturated carbocycles. The van der Waals surface area contributed by atoms with Crippen molar-refractivity contribution in [3.8, 4) is 16.9 Å². The van der Waals surface area contributed by atoms with Gasteiger partial charge in [0.15, 0.2) is 17.8 Å². The fourth-order valence-electron chi connectivity index (χ4n) is 3.88. The Kier molecular flexibility index (Phi) is 8.09. The van der Waals surface area contributed by atoms with Gasteiger partial charge in [-0.15, -0.1) is 5.10 Å². The molecule has 2 unspecified atom stereocenters. The van der Waals surface area contributed by atoms with Gasteiger partial charge in [0, 0.05) is 10.6 Å². The van der Waals surface area contributed by atoms with Crippen LogP contribution in [0, 0.1) is 0 Å². The molecular weight excluding hydrogens is 591 g/mol.